The molecule has 0 aliphatic carbocycles. The standard InChI is InChI=1S/C13H11Cl2NO4S2/c1-20-13(17)11(8-5-3-2-4-6-8)16-22(18,19)9-7-10(14)21-12(9)15/h2-7,11,16H,1H3/t11-/m1/s1. The minimum Gasteiger partial charge on any atom is -0.468 e. The molecule has 0 aliphatic rings. The first-order chi connectivity index (χ1) is 10.3. The van der Waals surface area contributed by atoms with Crippen molar-refractivity contribution in [1.29, 1.82) is 0 Å². The number of rotatable bonds is 5. The van der Waals surface area contributed by atoms with Crippen LogP contribution in [0.3, 0.4) is 0 Å². The van der Waals surface area contributed by atoms with Crippen LogP contribution in [0.25, 0.3) is 0 Å². The third kappa shape index (κ3) is 3.80. The molecular formula is C13H11Cl2NO4S2. The van der Waals surface area contributed by atoms with Crippen molar-refractivity contribution in [3.63, 3.8) is 0 Å². The van der Waals surface area contributed by atoms with E-state index in [0.717, 1.165) is 11.3 Å². The van der Waals surface area contributed by atoms with E-state index >= 15 is 0 Å². The predicted octanol–water partition coefficient (Wildman–Crippen LogP) is 3.25. The molecule has 0 aliphatic heterocycles. The maximum Gasteiger partial charge on any atom is 0.328 e. The SMILES string of the molecule is COC(=O)[C@H](NS(=O)(=O)c1cc(Cl)sc1Cl)c1ccccc1. The second-order valence-electron chi connectivity index (χ2n) is 4.18. The van der Waals surface area contributed by atoms with E-state index in [0.29, 0.717) is 5.56 Å². The lowest BCUT2D eigenvalue weighted by Crippen LogP contribution is -2.34. The summed E-state index contributed by atoms with van der Waals surface area (Å²) in [6.07, 6.45) is 0. The van der Waals surface area contributed by atoms with Gasteiger partial charge in [-0.25, -0.2) is 13.2 Å². The quantitative estimate of drug-likeness (QED) is 0.809. The first-order valence-electron chi connectivity index (χ1n) is 5.95. The summed E-state index contributed by atoms with van der Waals surface area (Å²) in [6, 6.07) is 8.42. The Balaban J connectivity index is 2.39. The number of thiophene rings is 1. The van der Waals surface area contributed by atoms with Crippen molar-refractivity contribution in [3.05, 3.63) is 50.6 Å². The molecule has 2 aromatic rings. The normalized spacial score (nSPS) is 12.9. The lowest BCUT2D eigenvalue weighted by atomic mass is 10.1. The zero-order valence-electron chi connectivity index (χ0n) is 11.2. The Labute approximate surface area is 141 Å². The monoisotopic (exact) mass is 379 g/mol. The fraction of sp³-hybridized carbons (Fsp3) is 0.154. The van der Waals surface area contributed by atoms with E-state index in [1.54, 1.807) is 30.3 Å². The number of benzene rings is 1. The number of carbonyl (C=O) groups excluding carboxylic acids is 1. The smallest absolute Gasteiger partial charge is 0.328 e. The highest BCUT2D eigenvalue weighted by Gasteiger charge is 2.30. The molecule has 0 saturated heterocycles. The predicted molar refractivity (Wildman–Crippen MR) is 85.9 cm³/mol. The van der Waals surface area contributed by atoms with Crippen molar-refractivity contribution in [2.75, 3.05) is 7.11 Å². The molecule has 0 amide bonds. The Morgan fingerprint density at radius 1 is 1.27 bits per heavy atom. The van der Waals surface area contributed by atoms with Gasteiger partial charge in [-0.1, -0.05) is 53.5 Å². The molecule has 1 atom stereocenters. The molecule has 118 valence electrons. The number of carbonyl (C=O) groups is 1. The first kappa shape index (κ1) is 17.2. The van der Waals surface area contributed by atoms with Crippen molar-refractivity contribution >= 4 is 50.5 Å². The summed E-state index contributed by atoms with van der Waals surface area (Å²) < 4.78 is 32.0. The van der Waals surface area contributed by atoms with Gasteiger partial charge in [0.15, 0.2) is 0 Å². The molecular weight excluding hydrogens is 369 g/mol. The molecule has 5 nitrogen and oxygen atoms in total. The lowest BCUT2D eigenvalue weighted by Gasteiger charge is -2.16. The molecule has 1 N–H and O–H groups in total. The average Bonchev–Trinajstić information content (AvgIpc) is 2.84. The first-order valence-corrected chi connectivity index (χ1v) is 9.00. The molecule has 2 rings (SSSR count). The van der Waals surface area contributed by atoms with E-state index in [-0.39, 0.29) is 13.6 Å². The van der Waals surface area contributed by atoms with Crippen molar-refractivity contribution in [3.8, 4) is 0 Å². The van der Waals surface area contributed by atoms with Crippen LogP contribution in [-0.4, -0.2) is 21.5 Å². The van der Waals surface area contributed by atoms with Crippen LogP contribution in [0.2, 0.25) is 8.67 Å². The topological polar surface area (TPSA) is 72.5 Å². The molecule has 1 aromatic heterocycles. The summed E-state index contributed by atoms with van der Waals surface area (Å²) in [5.74, 6) is -0.729. The number of halogens is 2. The van der Waals surface area contributed by atoms with E-state index in [9.17, 15) is 13.2 Å². The van der Waals surface area contributed by atoms with Crippen molar-refractivity contribution < 1.29 is 17.9 Å². The van der Waals surface area contributed by atoms with Gasteiger partial charge in [-0.3, -0.25) is 0 Å². The van der Waals surface area contributed by atoms with E-state index in [1.807, 2.05) is 0 Å². The molecule has 0 bridgehead atoms. The maximum absolute atomic E-state index is 12.4. The van der Waals surface area contributed by atoms with Crippen molar-refractivity contribution in [1.82, 2.24) is 4.72 Å². The molecule has 9 heteroatoms. The van der Waals surface area contributed by atoms with Gasteiger partial charge < -0.3 is 4.74 Å². The van der Waals surface area contributed by atoms with Gasteiger partial charge in [-0.05, 0) is 11.6 Å². The number of sulfonamides is 1. The second-order valence-corrected chi connectivity index (χ2v) is 8.14. The van der Waals surface area contributed by atoms with E-state index in [2.05, 4.69) is 9.46 Å². The fourth-order valence-corrected chi connectivity index (χ4v) is 5.07. The van der Waals surface area contributed by atoms with Crippen LogP contribution >= 0.6 is 34.5 Å². The number of hydrogen-bond acceptors (Lipinski definition) is 5. The van der Waals surface area contributed by atoms with Crippen LogP contribution in [0.4, 0.5) is 0 Å². The lowest BCUT2D eigenvalue weighted by molar-refractivity contribution is -0.142. The zero-order valence-corrected chi connectivity index (χ0v) is 14.4. The molecule has 0 spiro atoms. The largest absolute Gasteiger partial charge is 0.468 e. The summed E-state index contributed by atoms with van der Waals surface area (Å²) in [7, 11) is -2.85. The molecule has 22 heavy (non-hydrogen) atoms. The van der Waals surface area contributed by atoms with Gasteiger partial charge in [0.25, 0.3) is 0 Å². The van der Waals surface area contributed by atoms with Gasteiger partial charge in [0.05, 0.1) is 11.4 Å². The van der Waals surface area contributed by atoms with E-state index in [4.69, 9.17) is 23.2 Å². The maximum atomic E-state index is 12.4. The van der Waals surface area contributed by atoms with Crippen molar-refractivity contribution in [2.24, 2.45) is 0 Å². The third-order valence-electron chi connectivity index (χ3n) is 2.76. The molecule has 1 heterocycles. The third-order valence-corrected chi connectivity index (χ3v) is 5.93. The Morgan fingerprint density at radius 2 is 1.91 bits per heavy atom. The summed E-state index contributed by atoms with van der Waals surface area (Å²) in [5.41, 5.74) is 0.454. The van der Waals surface area contributed by atoms with Crippen LogP contribution in [-0.2, 0) is 19.6 Å². The summed E-state index contributed by atoms with van der Waals surface area (Å²) >= 11 is 12.6. The van der Waals surface area contributed by atoms with Crippen LogP contribution < -0.4 is 4.72 Å². The van der Waals surface area contributed by atoms with Gasteiger partial charge >= 0.3 is 5.97 Å². The number of methoxy groups -OCH3 is 1. The molecule has 0 unspecified atom stereocenters. The molecule has 0 fully saturated rings. The zero-order chi connectivity index (χ0) is 16.3. The fourth-order valence-electron chi connectivity index (χ4n) is 1.74. The van der Waals surface area contributed by atoms with Crippen LogP contribution in [0.1, 0.15) is 11.6 Å². The van der Waals surface area contributed by atoms with E-state index < -0.39 is 22.0 Å². The van der Waals surface area contributed by atoms with E-state index in [1.165, 1.54) is 13.2 Å². The summed E-state index contributed by atoms with van der Waals surface area (Å²) in [4.78, 5) is 11.7. The number of esters is 1. The Hall–Kier alpha value is -1.12. The summed E-state index contributed by atoms with van der Waals surface area (Å²) in [5, 5.41) is 0. The molecule has 0 saturated carbocycles. The van der Waals surface area contributed by atoms with Crippen LogP contribution in [0.15, 0.2) is 41.3 Å². The van der Waals surface area contributed by atoms with Gasteiger partial charge in [0, 0.05) is 0 Å². The Morgan fingerprint density at radius 3 is 2.41 bits per heavy atom. The highest BCUT2D eigenvalue weighted by molar-refractivity contribution is 7.89. The minimum atomic E-state index is -4.03. The summed E-state index contributed by atoms with van der Waals surface area (Å²) in [6.45, 7) is 0. The highest BCUT2D eigenvalue weighted by atomic mass is 35.5. The highest BCUT2D eigenvalue weighted by Crippen LogP contribution is 2.34. The average molecular weight is 380 g/mol. The second kappa shape index (κ2) is 6.97. The molecule has 0 radical (unpaired) electrons. The Kier molecular flexibility index (Phi) is 5.46. The number of hydrogen-bond donors (Lipinski definition) is 1. The minimum absolute atomic E-state index is 0.0224. The van der Waals surface area contributed by atoms with Gasteiger partial charge in [-0.15, -0.1) is 11.3 Å². The van der Waals surface area contributed by atoms with Crippen LogP contribution in [0.5, 0.6) is 0 Å². The number of nitrogens with one attached hydrogen (secondary N) is 1. The number of ether oxygens (including phenoxy) is 1. The van der Waals surface area contributed by atoms with Gasteiger partial charge in [0.1, 0.15) is 15.3 Å². The van der Waals surface area contributed by atoms with Crippen LogP contribution in [0, 0.1) is 0 Å². The van der Waals surface area contributed by atoms with Gasteiger partial charge in [-0.2, -0.15) is 4.72 Å². The Bertz CT molecular complexity index is 775. The van der Waals surface area contributed by atoms with Crippen molar-refractivity contribution in [2.45, 2.75) is 10.9 Å². The molecule has 1 aromatic carbocycles. The van der Waals surface area contributed by atoms with Gasteiger partial charge in [0.2, 0.25) is 10.0 Å².